The van der Waals surface area contributed by atoms with E-state index in [0.29, 0.717) is 29.6 Å². The van der Waals surface area contributed by atoms with E-state index in [4.69, 9.17) is 4.74 Å². The van der Waals surface area contributed by atoms with Crippen molar-refractivity contribution in [3.63, 3.8) is 0 Å². The SMILES string of the molecule is CCOc1ccccc1NC(=O)CSc1nnc(Cc2cccc3ccccc23)n1C. The first-order valence-electron chi connectivity index (χ1n) is 10.1. The van der Waals surface area contributed by atoms with Crippen LogP contribution < -0.4 is 10.1 Å². The Hall–Kier alpha value is -3.32. The molecular formula is C24H24N4O2S. The number of amides is 1. The zero-order valence-electron chi connectivity index (χ0n) is 17.5. The summed E-state index contributed by atoms with van der Waals surface area (Å²) in [5, 5.41) is 14.7. The van der Waals surface area contributed by atoms with Crippen LogP contribution in [0.2, 0.25) is 0 Å². The molecule has 3 aromatic carbocycles. The molecule has 0 saturated heterocycles. The van der Waals surface area contributed by atoms with Crippen LogP contribution in [-0.4, -0.2) is 33.0 Å². The summed E-state index contributed by atoms with van der Waals surface area (Å²) >= 11 is 1.37. The molecule has 4 aromatic rings. The molecule has 1 aromatic heterocycles. The normalized spacial score (nSPS) is 10.9. The molecule has 0 radical (unpaired) electrons. The molecule has 0 bridgehead atoms. The molecule has 7 heteroatoms. The molecule has 158 valence electrons. The Morgan fingerprint density at radius 2 is 1.81 bits per heavy atom. The highest BCUT2D eigenvalue weighted by Gasteiger charge is 2.14. The Morgan fingerprint density at radius 3 is 2.68 bits per heavy atom. The predicted molar refractivity (Wildman–Crippen MR) is 125 cm³/mol. The second kappa shape index (κ2) is 9.66. The zero-order valence-corrected chi connectivity index (χ0v) is 18.4. The number of nitrogens with zero attached hydrogens (tertiary/aromatic N) is 3. The summed E-state index contributed by atoms with van der Waals surface area (Å²) in [4.78, 5) is 12.5. The largest absolute Gasteiger partial charge is 0.492 e. The van der Waals surface area contributed by atoms with Gasteiger partial charge in [0.1, 0.15) is 11.6 Å². The van der Waals surface area contributed by atoms with Crippen molar-refractivity contribution < 1.29 is 9.53 Å². The fourth-order valence-corrected chi connectivity index (χ4v) is 4.14. The van der Waals surface area contributed by atoms with Gasteiger partial charge in [-0.2, -0.15) is 0 Å². The van der Waals surface area contributed by atoms with Crippen LogP contribution in [0.3, 0.4) is 0 Å². The number of ether oxygens (including phenoxy) is 1. The van der Waals surface area contributed by atoms with Crippen molar-refractivity contribution in [3.05, 3.63) is 78.1 Å². The number of benzene rings is 3. The van der Waals surface area contributed by atoms with Gasteiger partial charge in [-0.05, 0) is 35.4 Å². The Labute approximate surface area is 185 Å². The number of hydrogen-bond acceptors (Lipinski definition) is 5. The van der Waals surface area contributed by atoms with E-state index >= 15 is 0 Å². The number of hydrogen-bond donors (Lipinski definition) is 1. The standard InChI is InChI=1S/C24H24N4O2S/c1-3-30-21-14-7-6-13-20(21)25-23(29)16-31-24-27-26-22(28(24)2)15-18-11-8-10-17-9-4-5-12-19(17)18/h4-14H,3,15-16H2,1-2H3,(H,25,29). The minimum Gasteiger partial charge on any atom is -0.492 e. The van der Waals surface area contributed by atoms with Crippen LogP contribution in [-0.2, 0) is 18.3 Å². The molecule has 0 unspecified atom stereocenters. The summed E-state index contributed by atoms with van der Waals surface area (Å²) in [5.74, 6) is 1.65. The van der Waals surface area contributed by atoms with Gasteiger partial charge in [0.15, 0.2) is 5.16 Å². The summed E-state index contributed by atoms with van der Waals surface area (Å²) in [7, 11) is 1.94. The van der Waals surface area contributed by atoms with Crippen molar-refractivity contribution in [1.29, 1.82) is 0 Å². The monoisotopic (exact) mass is 432 g/mol. The van der Waals surface area contributed by atoms with Crippen molar-refractivity contribution in [2.45, 2.75) is 18.5 Å². The molecular weight excluding hydrogens is 408 g/mol. The van der Waals surface area contributed by atoms with Gasteiger partial charge in [0.25, 0.3) is 0 Å². The highest BCUT2D eigenvalue weighted by Crippen LogP contribution is 2.25. The Balaban J connectivity index is 1.41. The first-order chi connectivity index (χ1) is 15.2. The third kappa shape index (κ3) is 4.88. The summed E-state index contributed by atoms with van der Waals surface area (Å²) in [6, 6.07) is 22.0. The number of anilines is 1. The lowest BCUT2D eigenvalue weighted by molar-refractivity contribution is -0.113. The maximum absolute atomic E-state index is 12.5. The Morgan fingerprint density at radius 1 is 1.03 bits per heavy atom. The quantitative estimate of drug-likeness (QED) is 0.409. The second-order valence-corrected chi connectivity index (χ2v) is 7.98. The van der Waals surface area contributed by atoms with Gasteiger partial charge in [-0.1, -0.05) is 66.4 Å². The van der Waals surface area contributed by atoms with Gasteiger partial charge < -0.3 is 14.6 Å². The van der Waals surface area contributed by atoms with Crippen LogP contribution in [0.25, 0.3) is 10.8 Å². The topological polar surface area (TPSA) is 69.0 Å². The van der Waals surface area contributed by atoms with E-state index in [0.717, 1.165) is 5.82 Å². The number of nitrogens with one attached hydrogen (secondary N) is 1. The van der Waals surface area contributed by atoms with E-state index in [1.807, 2.05) is 54.9 Å². The van der Waals surface area contributed by atoms with Crippen molar-refractivity contribution >= 4 is 34.1 Å². The van der Waals surface area contributed by atoms with Gasteiger partial charge in [-0.15, -0.1) is 10.2 Å². The molecule has 0 spiro atoms. The molecule has 0 aliphatic rings. The molecule has 6 nitrogen and oxygen atoms in total. The Kier molecular flexibility index (Phi) is 6.52. The first kappa shape index (κ1) is 20.9. The fourth-order valence-electron chi connectivity index (χ4n) is 3.41. The smallest absolute Gasteiger partial charge is 0.234 e. The van der Waals surface area contributed by atoms with E-state index < -0.39 is 0 Å². The molecule has 0 fully saturated rings. The lowest BCUT2D eigenvalue weighted by atomic mass is 10.0. The highest BCUT2D eigenvalue weighted by atomic mass is 32.2. The predicted octanol–water partition coefficient (Wildman–Crippen LogP) is 4.69. The summed E-state index contributed by atoms with van der Waals surface area (Å²) in [6.07, 6.45) is 0.680. The minimum atomic E-state index is -0.115. The molecule has 0 aliphatic carbocycles. The van der Waals surface area contributed by atoms with Crippen LogP contribution in [0.15, 0.2) is 71.9 Å². The van der Waals surface area contributed by atoms with E-state index in [1.54, 1.807) is 0 Å². The summed E-state index contributed by atoms with van der Waals surface area (Å²) < 4.78 is 7.51. The van der Waals surface area contributed by atoms with Gasteiger partial charge >= 0.3 is 0 Å². The number of thioether (sulfide) groups is 1. The molecule has 1 N–H and O–H groups in total. The average Bonchev–Trinajstić information content (AvgIpc) is 3.13. The molecule has 1 amide bonds. The third-order valence-electron chi connectivity index (χ3n) is 4.95. The first-order valence-corrected chi connectivity index (χ1v) is 11.1. The zero-order chi connectivity index (χ0) is 21.6. The van der Waals surface area contributed by atoms with Gasteiger partial charge in [0.05, 0.1) is 18.0 Å². The van der Waals surface area contributed by atoms with Gasteiger partial charge in [0.2, 0.25) is 5.91 Å². The third-order valence-corrected chi connectivity index (χ3v) is 5.97. The molecule has 0 saturated carbocycles. The van der Waals surface area contributed by atoms with E-state index in [2.05, 4.69) is 45.8 Å². The van der Waals surface area contributed by atoms with E-state index in [-0.39, 0.29) is 11.7 Å². The minimum absolute atomic E-state index is 0.115. The average molecular weight is 433 g/mol. The summed E-state index contributed by atoms with van der Waals surface area (Å²) in [6.45, 7) is 2.46. The number of rotatable bonds is 8. The maximum Gasteiger partial charge on any atom is 0.234 e. The lowest BCUT2D eigenvalue weighted by Crippen LogP contribution is -2.15. The molecule has 1 heterocycles. The van der Waals surface area contributed by atoms with Crippen molar-refractivity contribution in [3.8, 4) is 5.75 Å². The lowest BCUT2D eigenvalue weighted by Gasteiger charge is -2.11. The Bertz CT molecular complexity index is 1200. The van der Waals surface area contributed by atoms with Crippen LogP contribution in [0, 0.1) is 0 Å². The second-order valence-electron chi connectivity index (χ2n) is 7.04. The fraction of sp³-hybridized carbons (Fsp3) is 0.208. The van der Waals surface area contributed by atoms with Crippen LogP contribution >= 0.6 is 11.8 Å². The molecule has 31 heavy (non-hydrogen) atoms. The number of fused-ring (bicyclic) bond motifs is 1. The van der Waals surface area contributed by atoms with Crippen LogP contribution in [0.4, 0.5) is 5.69 Å². The molecule has 0 aliphatic heterocycles. The van der Waals surface area contributed by atoms with E-state index in [9.17, 15) is 4.79 Å². The number of para-hydroxylation sites is 2. The van der Waals surface area contributed by atoms with Crippen molar-refractivity contribution in [1.82, 2.24) is 14.8 Å². The highest BCUT2D eigenvalue weighted by molar-refractivity contribution is 7.99. The summed E-state index contributed by atoms with van der Waals surface area (Å²) in [5.41, 5.74) is 1.87. The molecule has 4 rings (SSSR count). The number of carbonyl (C=O) groups is 1. The van der Waals surface area contributed by atoms with Gasteiger partial charge in [-0.3, -0.25) is 4.79 Å². The maximum atomic E-state index is 12.5. The van der Waals surface area contributed by atoms with Gasteiger partial charge in [-0.25, -0.2) is 0 Å². The van der Waals surface area contributed by atoms with Crippen LogP contribution in [0.1, 0.15) is 18.3 Å². The number of carbonyl (C=O) groups excluding carboxylic acids is 1. The van der Waals surface area contributed by atoms with Crippen molar-refractivity contribution in [2.75, 3.05) is 17.7 Å². The molecule has 0 atom stereocenters. The van der Waals surface area contributed by atoms with Crippen molar-refractivity contribution in [2.24, 2.45) is 7.05 Å². The number of aromatic nitrogens is 3. The van der Waals surface area contributed by atoms with E-state index in [1.165, 1.54) is 28.1 Å². The van der Waals surface area contributed by atoms with Gasteiger partial charge in [0, 0.05) is 13.5 Å². The van der Waals surface area contributed by atoms with Crippen LogP contribution in [0.5, 0.6) is 5.75 Å².